The number of amides is 1. The van der Waals surface area contributed by atoms with Gasteiger partial charge in [-0.1, -0.05) is 54.9 Å². The van der Waals surface area contributed by atoms with E-state index in [1.807, 2.05) is 24.3 Å². The molecule has 102 valence electrons. The highest BCUT2D eigenvalue weighted by atomic mass is 35.5. The van der Waals surface area contributed by atoms with Gasteiger partial charge in [0.15, 0.2) is 0 Å². The van der Waals surface area contributed by atoms with Crippen molar-refractivity contribution in [1.29, 1.82) is 0 Å². The summed E-state index contributed by atoms with van der Waals surface area (Å²) in [5, 5.41) is 4.34. The fourth-order valence-corrected chi connectivity index (χ4v) is 1.93. The van der Waals surface area contributed by atoms with E-state index in [0.29, 0.717) is 10.6 Å². The lowest BCUT2D eigenvalue weighted by Crippen LogP contribution is -2.17. The molecule has 3 nitrogen and oxygen atoms in total. The standard InChI is InChI=1S/C16H15ClN2O/c1-2-12-7-9-13(10-8-12)11-18-19-16(20)14-5-3-4-6-15(14)17/h3-11H,2H2,1H3,(H,19,20). The van der Waals surface area contributed by atoms with Crippen LogP contribution in [0.4, 0.5) is 0 Å². The molecule has 0 unspecified atom stereocenters. The number of aryl methyl sites for hydroxylation is 1. The molecule has 0 spiro atoms. The Morgan fingerprint density at radius 1 is 1.20 bits per heavy atom. The molecule has 2 aromatic carbocycles. The van der Waals surface area contributed by atoms with Crippen molar-refractivity contribution in [3.63, 3.8) is 0 Å². The summed E-state index contributed by atoms with van der Waals surface area (Å²) in [6.07, 6.45) is 2.61. The van der Waals surface area contributed by atoms with Gasteiger partial charge in [-0.2, -0.15) is 5.10 Å². The second-order valence-electron chi connectivity index (χ2n) is 4.27. The SMILES string of the molecule is CCc1ccc(C=NNC(=O)c2ccccc2Cl)cc1. The van der Waals surface area contributed by atoms with Gasteiger partial charge in [-0.15, -0.1) is 0 Å². The number of hydrogen-bond donors (Lipinski definition) is 1. The average Bonchev–Trinajstić information content (AvgIpc) is 2.48. The lowest BCUT2D eigenvalue weighted by atomic mass is 10.1. The number of hydrazone groups is 1. The number of nitrogens with zero attached hydrogens (tertiary/aromatic N) is 1. The van der Waals surface area contributed by atoms with Crippen molar-refractivity contribution < 1.29 is 4.79 Å². The van der Waals surface area contributed by atoms with Gasteiger partial charge in [0, 0.05) is 0 Å². The summed E-state index contributed by atoms with van der Waals surface area (Å²) in [5.41, 5.74) is 5.07. The monoisotopic (exact) mass is 286 g/mol. The molecule has 0 saturated heterocycles. The van der Waals surface area contributed by atoms with Crippen molar-refractivity contribution in [2.24, 2.45) is 5.10 Å². The molecule has 1 amide bonds. The first kappa shape index (κ1) is 14.3. The zero-order valence-electron chi connectivity index (χ0n) is 11.1. The molecule has 0 saturated carbocycles. The van der Waals surface area contributed by atoms with Gasteiger partial charge in [-0.25, -0.2) is 5.43 Å². The number of carbonyl (C=O) groups is 1. The van der Waals surface area contributed by atoms with Crippen LogP contribution in [0.15, 0.2) is 53.6 Å². The molecule has 0 heterocycles. The zero-order valence-corrected chi connectivity index (χ0v) is 11.9. The predicted octanol–water partition coefficient (Wildman–Crippen LogP) is 3.67. The van der Waals surface area contributed by atoms with Crippen LogP contribution in [0.25, 0.3) is 0 Å². The number of hydrogen-bond acceptors (Lipinski definition) is 2. The molecule has 0 aliphatic carbocycles. The highest BCUT2D eigenvalue weighted by Gasteiger charge is 2.07. The molecule has 0 radical (unpaired) electrons. The van der Waals surface area contributed by atoms with E-state index in [2.05, 4.69) is 17.5 Å². The number of carbonyl (C=O) groups excluding carboxylic acids is 1. The lowest BCUT2D eigenvalue weighted by molar-refractivity contribution is 0.0955. The molecule has 0 aliphatic heterocycles. The molecule has 0 bridgehead atoms. The van der Waals surface area contributed by atoms with Gasteiger partial charge in [0.25, 0.3) is 5.91 Å². The highest BCUT2D eigenvalue weighted by molar-refractivity contribution is 6.33. The molecule has 0 aliphatic rings. The fraction of sp³-hybridized carbons (Fsp3) is 0.125. The minimum Gasteiger partial charge on any atom is -0.267 e. The van der Waals surface area contributed by atoms with Gasteiger partial charge in [0.05, 0.1) is 16.8 Å². The predicted molar refractivity (Wildman–Crippen MR) is 82.3 cm³/mol. The Balaban J connectivity index is 1.99. The number of nitrogens with one attached hydrogen (secondary N) is 1. The largest absolute Gasteiger partial charge is 0.272 e. The lowest BCUT2D eigenvalue weighted by Gasteiger charge is -2.01. The fourth-order valence-electron chi connectivity index (χ4n) is 1.71. The molecule has 2 rings (SSSR count). The Labute approximate surface area is 123 Å². The van der Waals surface area contributed by atoms with Gasteiger partial charge < -0.3 is 0 Å². The van der Waals surface area contributed by atoms with Gasteiger partial charge in [0.1, 0.15) is 0 Å². The van der Waals surface area contributed by atoms with Crippen LogP contribution in [0.1, 0.15) is 28.4 Å². The molecule has 20 heavy (non-hydrogen) atoms. The van der Waals surface area contributed by atoms with Crippen LogP contribution in [0.2, 0.25) is 5.02 Å². The molecular weight excluding hydrogens is 272 g/mol. The van der Waals surface area contributed by atoms with Crippen molar-refractivity contribution >= 4 is 23.7 Å². The Morgan fingerprint density at radius 2 is 1.90 bits per heavy atom. The van der Waals surface area contributed by atoms with Crippen LogP contribution in [0.5, 0.6) is 0 Å². The first-order valence-corrected chi connectivity index (χ1v) is 6.75. The second kappa shape index (κ2) is 6.87. The minimum atomic E-state index is -0.322. The van der Waals surface area contributed by atoms with E-state index in [9.17, 15) is 4.79 Å². The van der Waals surface area contributed by atoms with Crippen molar-refractivity contribution in [2.75, 3.05) is 0 Å². The summed E-state index contributed by atoms with van der Waals surface area (Å²) in [6.45, 7) is 2.10. The Hall–Kier alpha value is -2.13. The van der Waals surface area contributed by atoms with Crippen molar-refractivity contribution in [1.82, 2.24) is 5.43 Å². The quantitative estimate of drug-likeness (QED) is 0.676. The Kier molecular flexibility index (Phi) is 4.91. The first-order valence-electron chi connectivity index (χ1n) is 6.37. The molecule has 0 atom stereocenters. The summed E-state index contributed by atoms with van der Waals surface area (Å²) < 4.78 is 0. The number of halogens is 1. The average molecular weight is 287 g/mol. The normalized spacial score (nSPS) is 10.7. The third-order valence-electron chi connectivity index (χ3n) is 2.89. The van der Waals surface area contributed by atoms with Crippen LogP contribution in [0.3, 0.4) is 0 Å². The van der Waals surface area contributed by atoms with Gasteiger partial charge in [-0.3, -0.25) is 4.79 Å². The molecule has 1 N–H and O–H groups in total. The molecule has 0 aromatic heterocycles. The smallest absolute Gasteiger partial charge is 0.267 e. The van der Waals surface area contributed by atoms with Crippen LogP contribution >= 0.6 is 11.6 Å². The summed E-state index contributed by atoms with van der Waals surface area (Å²) in [6, 6.07) is 14.9. The minimum absolute atomic E-state index is 0.322. The number of benzene rings is 2. The van der Waals surface area contributed by atoms with Crippen molar-refractivity contribution in [2.45, 2.75) is 13.3 Å². The van der Waals surface area contributed by atoms with E-state index in [0.717, 1.165) is 12.0 Å². The topological polar surface area (TPSA) is 41.5 Å². The summed E-state index contributed by atoms with van der Waals surface area (Å²) in [7, 11) is 0. The second-order valence-corrected chi connectivity index (χ2v) is 4.68. The van der Waals surface area contributed by atoms with Crippen LogP contribution in [-0.4, -0.2) is 12.1 Å². The maximum absolute atomic E-state index is 11.8. The maximum atomic E-state index is 11.8. The van der Waals surface area contributed by atoms with Gasteiger partial charge in [0.2, 0.25) is 0 Å². The van der Waals surface area contributed by atoms with E-state index in [4.69, 9.17) is 11.6 Å². The number of rotatable bonds is 4. The summed E-state index contributed by atoms with van der Waals surface area (Å²) in [5.74, 6) is -0.322. The van der Waals surface area contributed by atoms with E-state index in [1.54, 1.807) is 30.5 Å². The Morgan fingerprint density at radius 3 is 2.55 bits per heavy atom. The van der Waals surface area contributed by atoms with Crippen LogP contribution in [-0.2, 0) is 6.42 Å². The first-order chi connectivity index (χ1) is 9.70. The molecule has 0 fully saturated rings. The van der Waals surface area contributed by atoms with Gasteiger partial charge >= 0.3 is 0 Å². The van der Waals surface area contributed by atoms with E-state index in [-0.39, 0.29) is 5.91 Å². The van der Waals surface area contributed by atoms with E-state index >= 15 is 0 Å². The summed E-state index contributed by atoms with van der Waals surface area (Å²) in [4.78, 5) is 11.8. The third kappa shape index (κ3) is 3.68. The molecular formula is C16H15ClN2O. The Bertz CT molecular complexity index is 621. The summed E-state index contributed by atoms with van der Waals surface area (Å²) >= 11 is 5.94. The molecule has 2 aromatic rings. The zero-order chi connectivity index (χ0) is 14.4. The van der Waals surface area contributed by atoms with Crippen LogP contribution in [0, 0.1) is 0 Å². The van der Waals surface area contributed by atoms with Crippen molar-refractivity contribution in [3.05, 3.63) is 70.2 Å². The van der Waals surface area contributed by atoms with Crippen molar-refractivity contribution in [3.8, 4) is 0 Å². The highest BCUT2D eigenvalue weighted by Crippen LogP contribution is 2.14. The maximum Gasteiger partial charge on any atom is 0.272 e. The van der Waals surface area contributed by atoms with E-state index < -0.39 is 0 Å². The molecule has 4 heteroatoms. The van der Waals surface area contributed by atoms with E-state index in [1.165, 1.54) is 5.56 Å². The van der Waals surface area contributed by atoms with Gasteiger partial charge in [-0.05, 0) is 29.7 Å². The third-order valence-corrected chi connectivity index (χ3v) is 3.22. The van der Waals surface area contributed by atoms with Crippen LogP contribution < -0.4 is 5.43 Å².